The Labute approximate surface area is 121 Å². The quantitative estimate of drug-likeness (QED) is 0.482. The van der Waals surface area contributed by atoms with Crippen molar-refractivity contribution in [3.05, 3.63) is 0 Å². The third-order valence-electron chi connectivity index (χ3n) is 1.93. The Balaban J connectivity index is 5.22. The Kier molecular flexibility index (Phi) is 6.11. The summed E-state index contributed by atoms with van der Waals surface area (Å²) in [5.74, 6) is 0. The Morgan fingerprint density at radius 1 is 0.609 bits per heavy atom. The molecule has 0 saturated heterocycles. The number of halogens is 12. The molecular weight excluding hydrogens is 384 g/mol. The number of rotatable bonds is 6. The van der Waals surface area contributed by atoms with E-state index in [0.717, 1.165) is 0 Å². The number of alkyl halides is 12. The van der Waals surface area contributed by atoms with Gasteiger partial charge in [-0.2, -0.15) is 43.9 Å². The third-order valence-corrected chi connectivity index (χ3v) is 3.46. The summed E-state index contributed by atoms with van der Waals surface area (Å²) in [7, 11) is -5.24. The van der Waals surface area contributed by atoms with Crippen LogP contribution in [0.5, 0.6) is 0 Å². The molecule has 0 spiro atoms. The zero-order chi connectivity index (χ0) is 19.1. The van der Waals surface area contributed by atoms with E-state index in [1.54, 1.807) is 0 Å². The lowest BCUT2D eigenvalue weighted by Crippen LogP contribution is -2.56. The molecule has 0 fully saturated rings. The minimum Gasteiger partial charge on any atom is -0.333 e. The molecule has 0 aromatic rings. The lowest BCUT2D eigenvalue weighted by Gasteiger charge is -2.34. The second kappa shape index (κ2) is 6.31. The van der Waals surface area contributed by atoms with Crippen LogP contribution in [0.15, 0.2) is 0 Å². The summed E-state index contributed by atoms with van der Waals surface area (Å²) in [4.78, 5) is 0. The zero-order valence-corrected chi connectivity index (χ0v) is 12.0. The number of hydrogen-bond acceptors (Lipinski definition) is 2. The Morgan fingerprint density at radius 2 is 0.826 bits per heavy atom. The first kappa shape index (κ1) is 22.3. The average Bonchev–Trinajstić information content (AvgIpc) is 2.21. The van der Waals surface area contributed by atoms with Gasteiger partial charge in [-0.1, -0.05) is 0 Å². The molecule has 0 saturated carbocycles. The van der Waals surface area contributed by atoms with Gasteiger partial charge in [0.1, 0.15) is 0 Å². The molecule has 0 rings (SSSR count). The molecule has 0 aliphatic rings. The van der Waals surface area contributed by atoms with E-state index in [2.05, 4.69) is 8.85 Å². The van der Waals surface area contributed by atoms with Crippen LogP contribution in [0.4, 0.5) is 52.7 Å². The van der Waals surface area contributed by atoms with Crippen LogP contribution in [-0.2, 0) is 8.85 Å². The van der Waals surface area contributed by atoms with E-state index in [0.29, 0.717) is 0 Å². The molecule has 0 N–H and O–H groups in total. The lowest BCUT2D eigenvalue weighted by molar-refractivity contribution is -0.333. The van der Waals surface area contributed by atoms with Gasteiger partial charge in [0, 0.05) is 0 Å². The highest BCUT2D eigenvalue weighted by atomic mass is 28.4. The highest BCUT2D eigenvalue weighted by Gasteiger charge is 2.64. The fourth-order valence-electron chi connectivity index (χ4n) is 1.16. The maximum absolute atomic E-state index is 12.9. The molecule has 2 atom stereocenters. The highest BCUT2D eigenvalue weighted by molar-refractivity contribution is 6.64. The Morgan fingerprint density at radius 3 is 1.00 bits per heavy atom. The van der Waals surface area contributed by atoms with Crippen molar-refractivity contribution >= 4 is 8.56 Å². The van der Waals surface area contributed by atoms with Gasteiger partial charge < -0.3 is 8.85 Å². The van der Waals surface area contributed by atoms with Crippen LogP contribution in [0, 0.1) is 0 Å². The fraction of sp³-hybridized carbons (Fsp3) is 1.00. The van der Waals surface area contributed by atoms with E-state index in [1.165, 1.54) is 0 Å². The van der Waals surface area contributed by atoms with Crippen LogP contribution >= 0.6 is 0 Å². The monoisotopic (exact) mass is 392 g/mol. The van der Waals surface area contributed by atoms with E-state index < -0.39 is 45.5 Å². The van der Waals surface area contributed by atoms with Crippen molar-refractivity contribution in [2.24, 2.45) is 0 Å². The first-order valence-corrected chi connectivity index (χ1v) is 8.11. The summed E-state index contributed by atoms with van der Waals surface area (Å²) in [6, 6.07) is 0. The van der Waals surface area contributed by atoms with Crippen molar-refractivity contribution in [2.45, 2.75) is 50.0 Å². The molecule has 0 amide bonds. The van der Waals surface area contributed by atoms with Gasteiger partial charge in [0.25, 0.3) is 12.3 Å². The molecule has 140 valence electrons. The van der Waals surface area contributed by atoms with Crippen LogP contribution in [0.2, 0.25) is 13.1 Å². The zero-order valence-electron chi connectivity index (χ0n) is 11.0. The molecule has 0 aromatic carbocycles. The second-order valence-electron chi connectivity index (χ2n) is 4.54. The molecule has 23 heavy (non-hydrogen) atoms. The van der Waals surface area contributed by atoms with Gasteiger partial charge in [-0.25, -0.2) is 8.78 Å². The molecule has 0 radical (unpaired) electrons. The maximum Gasteiger partial charge on any atom is 0.428 e. The van der Waals surface area contributed by atoms with Crippen molar-refractivity contribution in [2.75, 3.05) is 0 Å². The molecular formula is C8H8F12O2Si. The highest BCUT2D eigenvalue weighted by Crippen LogP contribution is 2.41. The van der Waals surface area contributed by atoms with Crippen molar-refractivity contribution < 1.29 is 61.5 Å². The van der Waals surface area contributed by atoms with Gasteiger partial charge in [0.2, 0.25) is 0 Å². The summed E-state index contributed by atoms with van der Waals surface area (Å²) in [6.45, 7) is 0.308. The average molecular weight is 392 g/mol. The van der Waals surface area contributed by atoms with E-state index in [4.69, 9.17) is 0 Å². The van der Waals surface area contributed by atoms with Crippen molar-refractivity contribution in [1.29, 1.82) is 0 Å². The molecule has 0 heterocycles. The third kappa shape index (κ3) is 6.37. The maximum atomic E-state index is 12.9. The van der Waals surface area contributed by atoms with E-state index in [9.17, 15) is 52.7 Å². The normalized spacial score (nSPS) is 18.0. The molecule has 0 aliphatic carbocycles. The molecule has 15 heteroatoms. The number of hydrogen-bond donors (Lipinski definition) is 0. The van der Waals surface area contributed by atoms with Crippen LogP contribution in [0.25, 0.3) is 0 Å². The summed E-state index contributed by atoms with van der Waals surface area (Å²) < 4.78 is 154. The largest absolute Gasteiger partial charge is 0.428 e. The van der Waals surface area contributed by atoms with Crippen LogP contribution in [-0.4, -0.2) is 45.5 Å². The molecule has 0 aliphatic heterocycles. The fourth-order valence-corrected chi connectivity index (χ4v) is 2.72. The predicted octanol–water partition coefficient (Wildman–Crippen LogP) is 4.71. The van der Waals surface area contributed by atoms with Gasteiger partial charge in [-0.3, -0.25) is 0 Å². The Hall–Kier alpha value is -0.703. The summed E-state index contributed by atoms with van der Waals surface area (Å²) in [5.41, 5.74) is 0. The lowest BCUT2D eigenvalue weighted by atomic mass is 10.3. The molecule has 0 aromatic heterocycles. The van der Waals surface area contributed by atoms with Gasteiger partial charge in [0.15, 0.2) is 0 Å². The Bertz CT molecular complexity index is 367. The first-order chi connectivity index (χ1) is 9.72. The van der Waals surface area contributed by atoms with E-state index in [1.807, 2.05) is 0 Å². The van der Waals surface area contributed by atoms with Crippen LogP contribution in [0.1, 0.15) is 0 Å². The standard InChI is InChI=1S/C8H8F12O2Si/c1-23(2,21-7(17,18)3(9)5(11,12)13)22-8(19,20)4(10)6(14,15)16/h3-4H,1-2H3. The van der Waals surface area contributed by atoms with Crippen LogP contribution in [0.3, 0.4) is 0 Å². The van der Waals surface area contributed by atoms with E-state index in [-0.39, 0.29) is 13.1 Å². The topological polar surface area (TPSA) is 18.5 Å². The molecule has 2 unspecified atom stereocenters. The van der Waals surface area contributed by atoms with Crippen molar-refractivity contribution in [3.8, 4) is 0 Å². The van der Waals surface area contributed by atoms with Gasteiger partial charge >= 0.3 is 33.1 Å². The predicted molar refractivity (Wildman–Crippen MR) is 51.4 cm³/mol. The summed E-state index contributed by atoms with van der Waals surface area (Å²) >= 11 is 0. The van der Waals surface area contributed by atoms with Crippen molar-refractivity contribution in [1.82, 2.24) is 0 Å². The second-order valence-corrected chi connectivity index (χ2v) is 7.74. The molecule has 0 bridgehead atoms. The van der Waals surface area contributed by atoms with E-state index >= 15 is 0 Å². The SMILES string of the molecule is C[Si](C)(OC(F)(F)C(F)C(F)(F)F)OC(F)(F)C(F)C(F)(F)F. The summed E-state index contributed by atoms with van der Waals surface area (Å²) in [5, 5.41) is 0. The molecule has 2 nitrogen and oxygen atoms in total. The van der Waals surface area contributed by atoms with Crippen molar-refractivity contribution in [3.63, 3.8) is 0 Å². The smallest absolute Gasteiger partial charge is 0.333 e. The first-order valence-electron chi connectivity index (χ1n) is 5.30. The van der Waals surface area contributed by atoms with Gasteiger partial charge in [-0.05, 0) is 13.1 Å². The minimum atomic E-state index is -6.15. The van der Waals surface area contributed by atoms with Crippen LogP contribution < -0.4 is 0 Å². The van der Waals surface area contributed by atoms with Gasteiger partial charge in [0.05, 0.1) is 0 Å². The van der Waals surface area contributed by atoms with Gasteiger partial charge in [-0.15, -0.1) is 0 Å². The summed E-state index contributed by atoms with van der Waals surface area (Å²) in [6.07, 6.45) is -33.7. The minimum absolute atomic E-state index is 0.154.